The molecule has 1 aliphatic heterocycles. The first-order chi connectivity index (χ1) is 12.7. The molecule has 1 saturated heterocycles. The molecule has 1 amide bonds. The number of rotatable bonds is 4. The average molecular weight is 347 g/mol. The monoisotopic (exact) mass is 347 g/mol. The van der Waals surface area contributed by atoms with Crippen LogP contribution in [0, 0.1) is 6.92 Å². The van der Waals surface area contributed by atoms with Crippen LogP contribution in [-0.2, 0) is 16.8 Å². The molecule has 3 aromatic rings. The van der Waals surface area contributed by atoms with Crippen LogP contribution >= 0.6 is 0 Å². The lowest BCUT2D eigenvalue weighted by Crippen LogP contribution is -2.49. The van der Waals surface area contributed by atoms with Crippen molar-refractivity contribution in [2.24, 2.45) is 0 Å². The molecule has 0 unspecified atom stereocenters. The van der Waals surface area contributed by atoms with Gasteiger partial charge in [-0.2, -0.15) is 0 Å². The van der Waals surface area contributed by atoms with Crippen LogP contribution in [0.15, 0.2) is 65.1 Å². The highest BCUT2D eigenvalue weighted by Gasteiger charge is 2.41. The molecule has 0 bridgehead atoms. The number of carbonyl (C=O) groups is 1. The summed E-state index contributed by atoms with van der Waals surface area (Å²) in [6, 6.07) is 20.9. The van der Waals surface area contributed by atoms with Crippen molar-refractivity contribution in [3.05, 3.63) is 83.6 Å². The smallest absolute Gasteiger partial charge is 0.235 e. The van der Waals surface area contributed by atoms with Crippen molar-refractivity contribution in [2.75, 3.05) is 6.54 Å². The lowest BCUT2D eigenvalue weighted by molar-refractivity contribution is -0.136. The van der Waals surface area contributed by atoms with Crippen molar-refractivity contribution in [1.29, 1.82) is 0 Å². The van der Waals surface area contributed by atoms with Crippen molar-refractivity contribution in [3.63, 3.8) is 0 Å². The molecule has 132 valence electrons. The molecular formula is C21H21N3O2. The number of hydrogen-bond acceptors (Lipinski definition) is 4. The maximum Gasteiger partial charge on any atom is 0.235 e. The Morgan fingerprint density at radius 2 is 1.62 bits per heavy atom. The van der Waals surface area contributed by atoms with E-state index in [0.717, 1.165) is 6.42 Å². The Bertz CT molecular complexity index is 850. The summed E-state index contributed by atoms with van der Waals surface area (Å²) in [5, 5.41) is 7.93. The summed E-state index contributed by atoms with van der Waals surface area (Å²) in [6.45, 7) is 2.70. The number of amides is 1. The summed E-state index contributed by atoms with van der Waals surface area (Å²) >= 11 is 0. The number of carbonyl (C=O) groups excluding carboxylic acids is 1. The topological polar surface area (TPSA) is 59.2 Å². The predicted octanol–water partition coefficient (Wildman–Crippen LogP) is 3.49. The molecular weight excluding hydrogens is 326 g/mol. The van der Waals surface area contributed by atoms with Gasteiger partial charge in [0.2, 0.25) is 17.7 Å². The van der Waals surface area contributed by atoms with Crippen LogP contribution in [0.2, 0.25) is 0 Å². The van der Waals surface area contributed by atoms with Crippen LogP contribution in [0.1, 0.15) is 35.7 Å². The van der Waals surface area contributed by atoms with E-state index in [9.17, 15) is 4.79 Å². The van der Waals surface area contributed by atoms with Crippen molar-refractivity contribution in [3.8, 4) is 0 Å². The largest absolute Gasteiger partial charge is 0.424 e. The third-order valence-corrected chi connectivity index (χ3v) is 5.13. The molecule has 1 fully saturated rings. The summed E-state index contributed by atoms with van der Waals surface area (Å²) in [6.07, 6.45) is 1.29. The third kappa shape index (κ3) is 3.01. The quantitative estimate of drug-likeness (QED) is 0.725. The second-order valence-electron chi connectivity index (χ2n) is 6.78. The first-order valence-electron chi connectivity index (χ1n) is 8.85. The Labute approximate surface area is 152 Å². The minimum atomic E-state index is -0.231. The molecule has 1 aliphatic rings. The van der Waals surface area contributed by atoms with E-state index in [1.165, 1.54) is 11.1 Å². The average Bonchev–Trinajstić information content (AvgIpc) is 3.10. The highest BCUT2D eigenvalue weighted by molar-refractivity contribution is 5.78. The van der Waals surface area contributed by atoms with Gasteiger partial charge in [0.05, 0.1) is 6.54 Å². The molecule has 0 saturated carbocycles. The minimum absolute atomic E-state index is 0.128. The summed E-state index contributed by atoms with van der Waals surface area (Å²) < 4.78 is 5.50. The van der Waals surface area contributed by atoms with Gasteiger partial charge in [0.25, 0.3) is 0 Å². The van der Waals surface area contributed by atoms with E-state index in [4.69, 9.17) is 4.42 Å². The number of benzene rings is 2. The molecule has 0 N–H and O–H groups in total. The molecule has 5 heteroatoms. The zero-order valence-corrected chi connectivity index (χ0v) is 14.8. The Morgan fingerprint density at radius 3 is 2.15 bits per heavy atom. The van der Waals surface area contributed by atoms with Gasteiger partial charge in [-0.15, -0.1) is 10.2 Å². The van der Waals surface area contributed by atoms with Gasteiger partial charge in [0.15, 0.2) is 0 Å². The zero-order valence-electron chi connectivity index (χ0n) is 14.8. The van der Waals surface area contributed by atoms with E-state index >= 15 is 0 Å². The molecule has 1 aromatic heterocycles. The number of aryl methyl sites for hydroxylation is 1. The van der Waals surface area contributed by atoms with Gasteiger partial charge in [-0.3, -0.25) is 4.79 Å². The standard InChI is InChI=1S/C21H21N3O2/c1-16-22-23-19(26-16)14-24-15-21(13-12-20(24)25,17-8-4-2-5-9-17)18-10-6-3-7-11-18/h2-11H,12-15H2,1H3. The summed E-state index contributed by atoms with van der Waals surface area (Å²) in [7, 11) is 0. The minimum Gasteiger partial charge on any atom is -0.424 e. The maximum absolute atomic E-state index is 12.6. The Balaban J connectivity index is 1.73. The van der Waals surface area contributed by atoms with Crippen LogP contribution in [0.3, 0.4) is 0 Å². The summed E-state index contributed by atoms with van der Waals surface area (Å²) in [4.78, 5) is 14.4. The summed E-state index contributed by atoms with van der Waals surface area (Å²) in [5.74, 6) is 1.12. The lowest BCUT2D eigenvalue weighted by Gasteiger charge is -2.43. The van der Waals surface area contributed by atoms with Gasteiger partial charge in [-0.1, -0.05) is 60.7 Å². The van der Waals surface area contributed by atoms with E-state index in [1.807, 2.05) is 17.0 Å². The lowest BCUT2D eigenvalue weighted by atomic mass is 9.69. The molecule has 5 nitrogen and oxygen atoms in total. The highest BCUT2D eigenvalue weighted by Crippen LogP contribution is 2.40. The van der Waals surface area contributed by atoms with E-state index in [2.05, 4.69) is 58.7 Å². The van der Waals surface area contributed by atoms with Crippen LogP contribution in [0.25, 0.3) is 0 Å². The fourth-order valence-electron chi connectivity index (χ4n) is 3.83. The number of piperidine rings is 1. The second kappa shape index (κ2) is 6.75. The number of nitrogens with zero attached hydrogens (tertiary/aromatic N) is 3. The van der Waals surface area contributed by atoms with Crippen molar-refractivity contribution in [2.45, 2.75) is 31.7 Å². The van der Waals surface area contributed by atoms with E-state index in [1.54, 1.807) is 6.92 Å². The molecule has 0 atom stereocenters. The molecule has 26 heavy (non-hydrogen) atoms. The number of hydrogen-bond donors (Lipinski definition) is 0. The highest BCUT2D eigenvalue weighted by atomic mass is 16.4. The molecule has 0 aliphatic carbocycles. The van der Waals surface area contributed by atoms with Crippen LogP contribution in [-0.4, -0.2) is 27.5 Å². The van der Waals surface area contributed by atoms with Crippen molar-refractivity contribution < 1.29 is 9.21 Å². The fraction of sp³-hybridized carbons (Fsp3) is 0.286. The van der Waals surface area contributed by atoms with Gasteiger partial charge < -0.3 is 9.32 Å². The summed E-state index contributed by atoms with van der Waals surface area (Å²) in [5.41, 5.74) is 2.22. The Kier molecular flexibility index (Phi) is 4.29. The van der Waals surface area contributed by atoms with Crippen LogP contribution in [0.5, 0.6) is 0 Å². The maximum atomic E-state index is 12.6. The number of aromatic nitrogens is 2. The first-order valence-corrected chi connectivity index (χ1v) is 8.85. The van der Waals surface area contributed by atoms with Crippen LogP contribution in [0.4, 0.5) is 0 Å². The predicted molar refractivity (Wildman–Crippen MR) is 97.4 cm³/mol. The molecule has 4 rings (SSSR count). The molecule has 0 radical (unpaired) electrons. The Hall–Kier alpha value is -2.95. The molecule has 0 spiro atoms. The van der Waals surface area contributed by atoms with Crippen LogP contribution < -0.4 is 0 Å². The van der Waals surface area contributed by atoms with Gasteiger partial charge in [0.1, 0.15) is 0 Å². The van der Waals surface area contributed by atoms with Crippen molar-refractivity contribution in [1.82, 2.24) is 15.1 Å². The Morgan fingerprint density at radius 1 is 1.00 bits per heavy atom. The van der Waals surface area contributed by atoms with Gasteiger partial charge >= 0.3 is 0 Å². The van der Waals surface area contributed by atoms with Gasteiger partial charge in [-0.05, 0) is 17.5 Å². The first kappa shape index (κ1) is 16.5. The van der Waals surface area contributed by atoms with Gasteiger partial charge in [0, 0.05) is 25.3 Å². The second-order valence-corrected chi connectivity index (χ2v) is 6.78. The van der Waals surface area contributed by atoms with Gasteiger partial charge in [-0.25, -0.2) is 0 Å². The number of likely N-dealkylation sites (tertiary alicyclic amines) is 1. The normalized spacial score (nSPS) is 16.7. The fourth-order valence-corrected chi connectivity index (χ4v) is 3.83. The molecule has 2 heterocycles. The SMILES string of the molecule is Cc1nnc(CN2CC(c3ccccc3)(c3ccccc3)CCC2=O)o1. The zero-order chi connectivity index (χ0) is 18.0. The molecule has 2 aromatic carbocycles. The van der Waals surface area contributed by atoms with Crippen molar-refractivity contribution >= 4 is 5.91 Å². The third-order valence-electron chi connectivity index (χ3n) is 5.13. The van der Waals surface area contributed by atoms with E-state index < -0.39 is 0 Å². The van der Waals surface area contributed by atoms with E-state index in [0.29, 0.717) is 31.3 Å². The van der Waals surface area contributed by atoms with E-state index in [-0.39, 0.29) is 11.3 Å².